The van der Waals surface area contributed by atoms with E-state index in [0.717, 1.165) is 25.8 Å². The molecule has 2 rings (SSSR count). The van der Waals surface area contributed by atoms with E-state index in [1.54, 1.807) is 0 Å². The number of carboxylic acids is 1. The van der Waals surface area contributed by atoms with Crippen molar-refractivity contribution in [1.29, 1.82) is 0 Å². The number of carboxylic acid groups (broad SMARTS) is 1. The molecule has 3 N–H and O–H groups in total. The summed E-state index contributed by atoms with van der Waals surface area (Å²) in [5.41, 5.74) is -0.988. The molecule has 1 saturated heterocycles. The van der Waals surface area contributed by atoms with Gasteiger partial charge in [-0.1, -0.05) is 13.3 Å². The summed E-state index contributed by atoms with van der Waals surface area (Å²) < 4.78 is 0. The third kappa shape index (κ3) is 2.36. The van der Waals surface area contributed by atoms with Gasteiger partial charge in [-0.25, -0.2) is 0 Å². The van der Waals surface area contributed by atoms with Crippen LogP contribution in [0, 0.1) is 10.8 Å². The molecule has 0 aromatic carbocycles. The number of rotatable bonds is 6. The van der Waals surface area contributed by atoms with E-state index in [0.29, 0.717) is 19.4 Å². The van der Waals surface area contributed by atoms with Crippen molar-refractivity contribution in [2.45, 2.75) is 39.0 Å². The summed E-state index contributed by atoms with van der Waals surface area (Å²) in [4.78, 5) is 23.4. The topological polar surface area (TPSA) is 78.4 Å². The van der Waals surface area contributed by atoms with Crippen molar-refractivity contribution in [2.24, 2.45) is 10.8 Å². The molecule has 0 radical (unpaired) electrons. The highest BCUT2D eigenvalue weighted by atomic mass is 16.4. The Morgan fingerprint density at radius 3 is 2.44 bits per heavy atom. The van der Waals surface area contributed by atoms with E-state index in [1.165, 1.54) is 0 Å². The molecule has 0 aromatic heterocycles. The van der Waals surface area contributed by atoms with E-state index in [4.69, 9.17) is 5.11 Å². The standard InChI is InChI=1S/C13H22N2O3/c1-2-3-12(6-7-14-8-12)10(16)15-9-13(4-5-13)11(17)18/h14H,2-9H2,1H3,(H,15,16)(H,17,18). The zero-order chi connectivity index (χ0) is 13.2. The summed E-state index contributed by atoms with van der Waals surface area (Å²) in [7, 11) is 0. The molecular weight excluding hydrogens is 232 g/mol. The van der Waals surface area contributed by atoms with Crippen molar-refractivity contribution in [1.82, 2.24) is 10.6 Å². The van der Waals surface area contributed by atoms with Gasteiger partial charge in [-0.15, -0.1) is 0 Å². The molecule has 5 heteroatoms. The monoisotopic (exact) mass is 254 g/mol. The summed E-state index contributed by atoms with van der Waals surface area (Å²) in [6.45, 7) is 3.95. The Kier molecular flexibility index (Phi) is 3.61. The molecular formula is C13H22N2O3. The van der Waals surface area contributed by atoms with Crippen LogP contribution in [0.25, 0.3) is 0 Å². The first-order valence-corrected chi connectivity index (χ1v) is 6.77. The molecule has 1 heterocycles. The van der Waals surface area contributed by atoms with Gasteiger partial charge in [0, 0.05) is 13.1 Å². The Hall–Kier alpha value is -1.10. The number of amides is 1. The predicted octanol–water partition coefficient (Wildman–Crippen LogP) is 0.747. The van der Waals surface area contributed by atoms with E-state index < -0.39 is 11.4 Å². The molecule has 1 unspecified atom stereocenters. The van der Waals surface area contributed by atoms with E-state index in [1.807, 2.05) is 0 Å². The lowest BCUT2D eigenvalue weighted by molar-refractivity contribution is -0.143. The van der Waals surface area contributed by atoms with Crippen LogP contribution in [0.2, 0.25) is 0 Å². The fourth-order valence-corrected chi connectivity index (χ4v) is 2.80. The van der Waals surface area contributed by atoms with Crippen LogP contribution in [0.1, 0.15) is 39.0 Å². The van der Waals surface area contributed by atoms with Gasteiger partial charge in [-0.2, -0.15) is 0 Å². The maximum atomic E-state index is 12.3. The van der Waals surface area contributed by atoms with E-state index >= 15 is 0 Å². The van der Waals surface area contributed by atoms with Gasteiger partial charge in [0.2, 0.25) is 5.91 Å². The Labute approximate surface area is 107 Å². The fraction of sp³-hybridized carbons (Fsp3) is 0.846. The second-order valence-electron chi connectivity index (χ2n) is 5.73. The summed E-state index contributed by atoms with van der Waals surface area (Å²) in [5.74, 6) is -0.751. The minimum Gasteiger partial charge on any atom is -0.481 e. The molecule has 1 saturated carbocycles. The molecule has 0 spiro atoms. The van der Waals surface area contributed by atoms with Crippen molar-refractivity contribution in [3.63, 3.8) is 0 Å². The van der Waals surface area contributed by atoms with Gasteiger partial charge in [0.1, 0.15) is 0 Å². The molecule has 1 aliphatic carbocycles. The van der Waals surface area contributed by atoms with Crippen LogP contribution in [0.3, 0.4) is 0 Å². The number of nitrogens with one attached hydrogen (secondary N) is 2. The average Bonchev–Trinajstić information content (AvgIpc) is 3.00. The molecule has 1 aliphatic heterocycles. The third-order valence-electron chi connectivity index (χ3n) is 4.35. The van der Waals surface area contributed by atoms with E-state index in [9.17, 15) is 9.59 Å². The maximum Gasteiger partial charge on any atom is 0.311 e. The summed E-state index contributed by atoms with van der Waals surface area (Å²) >= 11 is 0. The SMILES string of the molecule is CCCC1(C(=O)NCC2(C(=O)O)CC2)CCNC1. The lowest BCUT2D eigenvalue weighted by atomic mass is 9.81. The summed E-state index contributed by atoms with van der Waals surface area (Å²) in [6.07, 6.45) is 4.06. The van der Waals surface area contributed by atoms with Crippen LogP contribution < -0.4 is 10.6 Å². The highest BCUT2D eigenvalue weighted by Crippen LogP contribution is 2.45. The predicted molar refractivity (Wildman–Crippen MR) is 67.1 cm³/mol. The van der Waals surface area contributed by atoms with Crippen LogP contribution in [0.5, 0.6) is 0 Å². The van der Waals surface area contributed by atoms with E-state index in [-0.39, 0.29) is 17.9 Å². The molecule has 5 nitrogen and oxygen atoms in total. The van der Waals surface area contributed by atoms with Gasteiger partial charge in [0.05, 0.1) is 10.8 Å². The molecule has 2 fully saturated rings. The van der Waals surface area contributed by atoms with Gasteiger partial charge in [0.25, 0.3) is 0 Å². The van der Waals surface area contributed by atoms with Crippen molar-refractivity contribution < 1.29 is 14.7 Å². The maximum absolute atomic E-state index is 12.3. The quantitative estimate of drug-likeness (QED) is 0.653. The minimum absolute atomic E-state index is 0.0295. The number of aliphatic carboxylic acids is 1. The third-order valence-corrected chi connectivity index (χ3v) is 4.35. The van der Waals surface area contributed by atoms with Gasteiger partial charge in [-0.3, -0.25) is 9.59 Å². The molecule has 1 amide bonds. The molecule has 2 aliphatic rings. The van der Waals surface area contributed by atoms with Gasteiger partial charge in [0.15, 0.2) is 0 Å². The average molecular weight is 254 g/mol. The Bertz CT molecular complexity index is 344. The zero-order valence-electron chi connectivity index (χ0n) is 10.9. The second-order valence-corrected chi connectivity index (χ2v) is 5.73. The van der Waals surface area contributed by atoms with Crippen molar-refractivity contribution >= 4 is 11.9 Å². The van der Waals surface area contributed by atoms with Crippen LogP contribution >= 0.6 is 0 Å². The molecule has 18 heavy (non-hydrogen) atoms. The van der Waals surface area contributed by atoms with Gasteiger partial charge < -0.3 is 15.7 Å². The normalized spacial score (nSPS) is 28.9. The highest BCUT2D eigenvalue weighted by molar-refractivity contribution is 5.85. The largest absolute Gasteiger partial charge is 0.481 e. The van der Waals surface area contributed by atoms with E-state index in [2.05, 4.69) is 17.6 Å². The number of hydrogen-bond donors (Lipinski definition) is 3. The smallest absolute Gasteiger partial charge is 0.311 e. The Morgan fingerprint density at radius 2 is 2.00 bits per heavy atom. The summed E-state index contributed by atoms with van der Waals surface area (Å²) in [6, 6.07) is 0. The van der Waals surface area contributed by atoms with Crippen molar-refractivity contribution in [3.05, 3.63) is 0 Å². The molecule has 0 aromatic rings. The number of carbonyl (C=O) groups is 2. The van der Waals surface area contributed by atoms with Gasteiger partial charge >= 0.3 is 5.97 Å². The Morgan fingerprint density at radius 1 is 1.28 bits per heavy atom. The first-order valence-electron chi connectivity index (χ1n) is 6.77. The lowest BCUT2D eigenvalue weighted by Crippen LogP contribution is -2.45. The first kappa shape index (κ1) is 13.3. The van der Waals surface area contributed by atoms with Crippen molar-refractivity contribution in [2.75, 3.05) is 19.6 Å². The highest BCUT2D eigenvalue weighted by Gasteiger charge is 2.51. The molecule has 102 valence electrons. The van der Waals surface area contributed by atoms with Crippen LogP contribution in [0.15, 0.2) is 0 Å². The first-order chi connectivity index (χ1) is 8.55. The van der Waals surface area contributed by atoms with Crippen LogP contribution in [-0.4, -0.2) is 36.6 Å². The second kappa shape index (κ2) is 4.88. The van der Waals surface area contributed by atoms with Crippen LogP contribution in [-0.2, 0) is 9.59 Å². The van der Waals surface area contributed by atoms with Gasteiger partial charge in [-0.05, 0) is 32.2 Å². The minimum atomic E-state index is -0.781. The zero-order valence-corrected chi connectivity index (χ0v) is 10.9. The number of hydrogen-bond acceptors (Lipinski definition) is 3. The molecule has 1 atom stereocenters. The fourth-order valence-electron chi connectivity index (χ4n) is 2.80. The van der Waals surface area contributed by atoms with Crippen LogP contribution in [0.4, 0.5) is 0 Å². The van der Waals surface area contributed by atoms with Crippen molar-refractivity contribution in [3.8, 4) is 0 Å². The summed E-state index contributed by atoms with van der Waals surface area (Å²) in [5, 5.41) is 15.2. The molecule has 0 bridgehead atoms. The Balaban J connectivity index is 1.92. The lowest BCUT2D eigenvalue weighted by Gasteiger charge is -2.27. The number of carbonyl (C=O) groups excluding carboxylic acids is 1.